The topological polar surface area (TPSA) is 101 Å². The first kappa shape index (κ1) is 19.9. The lowest BCUT2D eigenvalue weighted by Gasteiger charge is -2.14. The van der Waals surface area contributed by atoms with Crippen molar-refractivity contribution in [3.05, 3.63) is 29.0 Å². The average Bonchev–Trinajstić information content (AvgIpc) is 3.24. The first-order valence-electron chi connectivity index (χ1n) is 8.68. The molecule has 1 aliphatic heterocycles. The highest BCUT2D eigenvalue weighted by molar-refractivity contribution is 7.14. The Morgan fingerprint density at radius 3 is 2.82 bits per heavy atom. The molecule has 1 N–H and O–H groups in total. The molecule has 0 saturated carbocycles. The van der Waals surface area contributed by atoms with Crippen LogP contribution in [0.15, 0.2) is 18.2 Å². The normalized spacial score (nSPS) is 16.2. The minimum absolute atomic E-state index is 0.0570. The molecular formula is C18H19FN4O4S. The third kappa shape index (κ3) is 4.69. The van der Waals surface area contributed by atoms with Crippen LogP contribution in [0.2, 0.25) is 0 Å². The van der Waals surface area contributed by atoms with Gasteiger partial charge in [0.25, 0.3) is 0 Å². The molecule has 0 radical (unpaired) electrons. The summed E-state index contributed by atoms with van der Waals surface area (Å²) in [5, 5.41) is 11.7. The second-order valence-corrected chi connectivity index (χ2v) is 7.48. The van der Waals surface area contributed by atoms with E-state index in [4.69, 9.17) is 4.74 Å². The average molecular weight is 406 g/mol. The monoisotopic (exact) mass is 406 g/mol. The molecule has 1 fully saturated rings. The van der Waals surface area contributed by atoms with Gasteiger partial charge in [0.05, 0.1) is 18.8 Å². The minimum atomic E-state index is -0.593. The molecule has 148 valence electrons. The van der Waals surface area contributed by atoms with E-state index in [1.807, 2.05) is 0 Å². The fourth-order valence-corrected chi connectivity index (χ4v) is 3.55. The van der Waals surface area contributed by atoms with Crippen LogP contribution in [0, 0.1) is 5.82 Å². The Labute approximate surface area is 164 Å². The van der Waals surface area contributed by atoms with Crippen molar-refractivity contribution < 1.29 is 23.5 Å². The van der Waals surface area contributed by atoms with E-state index in [-0.39, 0.29) is 30.3 Å². The number of ether oxygens (including phenoxy) is 1. The van der Waals surface area contributed by atoms with Crippen LogP contribution >= 0.6 is 11.3 Å². The number of anilines is 1. The molecule has 2 amide bonds. The van der Waals surface area contributed by atoms with Crippen molar-refractivity contribution in [2.24, 2.45) is 0 Å². The number of carbonyl (C=O) groups excluding carboxylic acids is 3. The Kier molecular flexibility index (Phi) is 5.98. The highest BCUT2D eigenvalue weighted by Crippen LogP contribution is 2.31. The molecule has 8 nitrogen and oxygen atoms in total. The van der Waals surface area contributed by atoms with Crippen molar-refractivity contribution in [1.29, 1.82) is 0 Å². The van der Waals surface area contributed by atoms with E-state index < -0.39 is 18.0 Å². The lowest BCUT2D eigenvalue weighted by atomic mass is 10.2. The van der Waals surface area contributed by atoms with E-state index in [1.165, 1.54) is 42.2 Å². The fourth-order valence-electron chi connectivity index (χ4n) is 2.69. The number of nitrogens with one attached hydrogen (secondary N) is 1. The summed E-state index contributed by atoms with van der Waals surface area (Å²) in [6.07, 6.45) is -0.245. The van der Waals surface area contributed by atoms with Gasteiger partial charge in [-0.1, -0.05) is 11.3 Å². The molecule has 1 aromatic carbocycles. The van der Waals surface area contributed by atoms with Gasteiger partial charge < -0.3 is 14.8 Å². The van der Waals surface area contributed by atoms with E-state index >= 15 is 0 Å². The maximum Gasteiger partial charge on any atom is 0.414 e. The molecule has 1 saturated heterocycles. The van der Waals surface area contributed by atoms with Crippen LogP contribution in [0.1, 0.15) is 25.3 Å². The van der Waals surface area contributed by atoms with Crippen LogP contribution in [-0.4, -0.2) is 47.2 Å². The lowest BCUT2D eigenvalue weighted by molar-refractivity contribution is -0.119. The second-order valence-electron chi connectivity index (χ2n) is 6.42. The maximum atomic E-state index is 14.6. The Balaban J connectivity index is 1.71. The van der Waals surface area contributed by atoms with Crippen molar-refractivity contribution in [1.82, 2.24) is 15.5 Å². The van der Waals surface area contributed by atoms with Crippen molar-refractivity contribution in [3.8, 4) is 10.6 Å². The number of rotatable bonds is 7. The summed E-state index contributed by atoms with van der Waals surface area (Å²) in [6.45, 7) is 3.30. The number of carbonyl (C=O) groups is 3. The molecule has 1 aliphatic rings. The lowest BCUT2D eigenvalue weighted by Crippen LogP contribution is -2.33. The summed E-state index contributed by atoms with van der Waals surface area (Å²) in [5.74, 6) is -0.698. The van der Waals surface area contributed by atoms with Crippen molar-refractivity contribution >= 4 is 34.8 Å². The molecule has 1 atom stereocenters. The van der Waals surface area contributed by atoms with Crippen LogP contribution in [0.5, 0.6) is 0 Å². The molecule has 1 aromatic heterocycles. The number of amides is 2. The third-order valence-electron chi connectivity index (χ3n) is 4.11. The highest BCUT2D eigenvalue weighted by Gasteiger charge is 2.32. The first-order chi connectivity index (χ1) is 13.3. The molecule has 28 heavy (non-hydrogen) atoms. The van der Waals surface area contributed by atoms with E-state index in [0.717, 1.165) is 0 Å². The number of ketones is 1. The molecule has 2 heterocycles. The highest BCUT2D eigenvalue weighted by atomic mass is 32.1. The van der Waals surface area contributed by atoms with E-state index in [9.17, 15) is 18.8 Å². The Hall–Kier alpha value is -2.88. The zero-order valence-corrected chi connectivity index (χ0v) is 16.2. The van der Waals surface area contributed by atoms with Gasteiger partial charge >= 0.3 is 6.09 Å². The molecule has 0 spiro atoms. The van der Waals surface area contributed by atoms with Crippen molar-refractivity contribution in [3.63, 3.8) is 0 Å². The number of nitrogens with zero attached hydrogens (tertiary/aromatic N) is 3. The first-order valence-corrected chi connectivity index (χ1v) is 9.49. The van der Waals surface area contributed by atoms with Gasteiger partial charge in [-0.25, -0.2) is 9.18 Å². The Bertz CT molecular complexity index is 917. The largest absolute Gasteiger partial charge is 0.442 e. The molecule has 0 bridgehead atoms. The van der Waals surface area contributed by atoms with Gasteiger partial charge in [-0.2, -0.15) is 0 Å². The summed E-state index contributed by atoms with van der Waals surface area (Å²) in [7, 11) is 0. The van der Waals surface area contributed by atoms with E-state index in [0.29, 0.717) is 28.5 Å². The van der Waals surface area contributed by atoms with Crippen LogP contribution in [0.4, 0.5) is 14.9 Å². The molecule has 10 heteroatoms. The SMILES string of the molecule is CC(=O)CCc1nnc(-c2ccc(N3C[C@H](CNC(C)=O)OC3=O)cc2F)s1. The fraction of sp³-hybridized carbons (Fsp3) is 0.389. The number of benzene rings is 1. The Morgan fingerprint density at radius 1 is 1.36 bits per heavy atom. The van der Waals surface area contributed by atoms with Crippen LogP contribution < -0.4 is 10.2 Å². The van der Waals surface area contributed by atoms with Gasteiger partial charge in [-0.15, -0.1) is 10.2 Å². The van der Waals surface area contributed by atoms with Crippen LogP contribution in [0.25, 0.3) is 10.6 Å². The van der Waals surface area contributed by atoms with E-state index in [2.05, 4.69) is 15.5 Å². The van der Waals surface area contributed by atoms with Gasteiger partial charge in [0.2, 0.25) is 5.91 Å². The number of hydrogen-bond acceptors (Lipinski definition) is 7. The second kappa shape index (κ2) is 8.42. The van der Waals surface area contributed by atoms with Gasteiger partial charge in [0.15, 0.2) is 5.01 Å². The molecule has 0 unspecified atom stereocenters. The molecule has 0 aliphatic carbocycles. The quantitative estimate of drug-likeness (QED) is 0.757. The van der Waals surface area contributed by atoms with Crippen LogP contribution in [0.3, 0.4) is 0 Å². The summed E-state index contributed by atoms with van der Waals surface area (Å²) < 4.78 is 19.8. The smallest absolute Gasteiger partial charge is 0.414 e. The third-order valence-corrected chi connectivity index (χ3v) is 5.12. The molecule has 2 aromatic rings. The predicted octanol–water partition coefficient (Wildman–Crippen LogP) is 2.33. The van der Waals surface area contributed by atoms with Crippen LogP contribution in [-0.2, 0) is 20.7 Å². The number of halogens is 1. The number of aromatic nitrogens is 2. The van der Waals surface area contributed by atoms with Gasteiger partial charge in [0.1, 0.15) is 22.7 Å². The summed E-state index contributed by atoms with van der Waals surface area (Å²) in [5.41, 5.74) is 0.635. The zero-order valence-electron chi connectivity index (χ0n) is 15.4. The number of cyclic esters (lactones) is 1. The number of aryl methyl sites for hydroxylation is 1. The molecular weight excluding hydrogens is 387 g/mol. The minimum Gasteiger partial charge on any atom is -0.442 e. The zero-order chi connectivity index (χ0) is 20.3. The number of Topliss-reactive ketones (excluding diaryl/α,β-unsaturated/α-hetero) is 1. The number of hydrogen-bond donors (Lipinski definition) is 1. The summed E-state index contributed by atoms with van der Waals surface area (Å²) in [6, 6.07) is 4.39. The van der Waals surface area contributed by atoms with Crippen molar-refractivity contribution in [2.45, 2.75) is 32.8 Å². The Morgan fingerprint density at radius 2 is 2.14 bits per heavy atom. The van der Waals surface area contributed by atoms with Gasteiger partial charge in [-0.3, -0.25) is 9.69 Å². The van der Waals surface area contributed by atoms with E-state index in [1.54, 1.807) is 6.07 Å². The summed E-state index contributed by atoms with van der Waals surface area (Å²) >= 11 is 1.23. The van der Waals surface area contributed by atoms with Gasteiger partial charge in [0, 0.05) is 25.3 Å². The maximum absolute atomic E-state index is 14.6. The summed E-state index contributed by atoms with van der Waals surface area (Å²) in [4.78, 5) is 35.4. The van der Waals surface area contributed by atoms with Crippen molar-refractivity contribution in [2.75, 3.05) is 18.0 Å². The molecule has 3 rings (SSSR count). The standard InChI is InChI=1S/C18H19FN4O4S/c1-10(24)3-6-16-21-22-17(28-16)14-5-4-12(7-15(14)19)23-9-13(27-18(23)26)8-20-11(2)25/h4-5,7,13H,3,6,8-9H2,1-2H3,(H,20,25)/t13-/m0/s1. The van der Waals surface area contributed by atoms with Gasteiger partial charge in [-0.05, 0) is 25.1 Å². The predicted molar refractivity (Wildman–Crippen MR) is 101 cm³/mol.